The molecule has 2 amide bonds. The summed E-state index contributed by atoms with van der Waals surface area (Å²) in [6.07, 6.45) is -0.311. The predicted molar refractivity (Wildman–Crippen MR) is 108 cm³/mol. The van der Waals surface area contributed by atoms with Gasteiger partial charge in [0.1, 0.15) is 6.10 Å². The zero-order chi connectivity index (χ0) is 20.3. The van der Waals surface area contributed by atoms with E-state index in [1.54, 1.807) is 11.0 Å². The molecular weight excluding hydrogens is 378 g/mol. The van der Waals surface area contributed by atoms with E-state index in [1.165, 1.54) is 19.2 Å². The third-order valence-electron chi connectivity index (χ3n) is 4.75. The standard InChI is InChI=1S/C20H25N3O4S/c1-14-9-10-17(28(25,26)21-3)11-18(14)22-20(24)23-12-15(2)27-19(13-23)16-7-5-4-6-8-16/h4-11,15,19,21H,12-13H2,1-3H3,(H,22,24)/t15-,19+/m1/s1. The largest absolute Gasteiger partial charge is 0.367 e. The molecule has 28 heavy (non-hydrogen) atoms. The van der Waals surface area contributed by atoms with Crippen LogP contribution < -0.4 is 10.0 Å². The molecule has 0 saturated carbocycles. The van der Waals surface area contributed by atoms with Crippen LogP contribution in [0.25, 0.3) is 0 Å². The second-order valence-electron chi connectivity index (χ2n) is 6.87. The Morgan fingerprint density at radius 1 is 1.14 bits per heavy atom. The number of nitrogens with zero attached hydrogens (tertiary/aromatic N) is 1. The van der Waals surface area contributed by atoms with Crippen molar-refractivity contribution in [3.8, 4) is 0 Å². The molecule has 0 radical (unpaired) electrons. The molecule has 3 rings (SSSR count). The predicted octanol–water partition coefficient (Wildman–Crippen LogP) is 2.90. The highest BCUT2D eigenvalue weighted by atomic mass is 32.2. The number of urea groups is 1. The van der Waals surface area contributed by atoms with Gasteiger partial charge in [-0.25, -0.2) is 17.9 Å². The average molecular weight is 404 g/mol. The minimum Gasteiger partial charge on any atom is -0.367 e. The summed E-state index contributed by atoms with van der Waals surface area (Å²) >= 11 is 0. The van der Waals surface area contributed by atoms with Gasteiger partial charge in [0.2, 0.25) is 10.0 Å². The summed E-state index contributed by atoms with van der Waals surface area (Å²) in [6.45, 7) is 4.64. The van der Waals surface area contributed by atoms with Gasteiger partial charge in [-0.1, -0.05) is 36.4 Å². The van der Waals surface area contributed by atoms with Crippen LogP contribution in [0.5, 0.6) is 0 Å². The van der Waals surface area contributed by atoms with Gasteiger partial charge in [0.25, 0.3) is 0 Å². The van der Waals surface area contributed by atoms with E-state index in [0.29, 0.717) is 18.8 Å². The van der Waals surface area contributed by atoms with E-state index < -0.39 is 10.0 Å². The van der Waals surface area contributed by atoms with Gasteiger partial charge in [-0.3, -0.25) is 0 Å². The molecule has 0 unspecified atom stereocenters. The summed E-state index contributed by atoms with van der Waals surface area (Å²) < 4.78 is 32.4. The smallest absolute Gasteiger partial charge is 0.322 e. The van der Waals surface area contributed by atoms with Gasteiger partial charge < -0.3 is 15.0 Å². The maximum absolute atomic E-state index is 12.9. The molecule has 2 aromatic carbocycles. The summed E-state index contributed by atoms with van der Waals surface area (Å²) in [5.41, 5.74) is 2.27. The summed E-state index contributed by atoms with van der Waals surface area (Å²) in [6, 6.07) is 14.2. The Hall–Kier alpha value is -2.42. The first-order valence-electron chi connectivity index (χ1n) is 9.10. The Kier molecular flexibility index (Phi) is 6.02. The number of carbonyl (C=O) groups is 1. The second kappa shape index (κ2) is 8.30. The average Bonchev–Trinajstić information content (AvgIpc) is 2.69. The van der Waals surface area contributed by atoms with Crippen LogP contribution in [0.1, 0.15) is 24.2 Å². The van der Waals surface area contributed by atoms with Crippen molar-refractivity contribution in [2.75, 3.05) is 25.5 Å². The molecule has 0 spiro atoms. The lowest BCUT2D eigenvalue weighted by molar-refractivity contribution is -0.0642. The van der Waals surface area contributed by atoms with Crippen molar-refractivity contribution in [3.05, 3.63) is 59.7 Å². The minimum absolute atomic E-state index is 0.105. The Labute approximate surface area is 165 Å². The van der Waals surface area contributed by atoms with Gasteiger partial charge >= 0.3 is 6.03 Å². The Morgan fingerprint density at radius 2 is 1.86 bits per heavy atom. The Balaban J connectivity index is 1.78. The van der Waals surface area contributed by atoms with Gasteiger partial charge in [-0.2, -0.15) is 0 Å². The van der Waals surface area contributed by atoms with Crippen molar-refractivity contribution in [2.24, 2.45) is 0 Å². The Bertz CT molecular complexity index is 947. The van der Waals surface area contributed by atoms with Crippen LogP contribution in [0.3, 0.4) is 0 Å². The Morgan fingerprint density at radius 3 is 2.54 bits per heavy atom. The zero-order valence-electron chi connectivity index (χ0n) is 16.2. The first kappa shape index (κ1) is 20.3. The number of hydrogen-bond acceptors (Lipinski definition) is 4. The number of anilines is 1. The molecule has 2 N–H and O–H groups in total. The first-order chi connectivity index (χ1) is 13.3. The summed E-state index contributed by atoms with van der Waals surface area (Å²) in [7, 11) is -2.23. The van der Waals surface area contributed by atoms with E-state index in [2.05, 4.69) is 10.0 Å². The molecular formula is C20H25N3O4S. The van der Waals surface area contributed by atoms with Crippen LogP contribution in [0.15, 0.2) is 53.4 Å². The van der Waals surface area contributed by atoms with Gasteiger partial charge in [0.05, 0.1) is 17.5 Å². The van der Waals surface area contributed by atoms with Crippen LogP contribution in [0.4, 0.5) is 10.5 Å². The molecule has 1 heterocycles. The molecule has 0 aromatic heterocycles. The van der Waals surface area contributed by atoms with Gasteiger partial charge in [-0.15, -0.1) is 0 Å². The third kappa shape index (κ3) is 4.52. The monoisotopic (exact) mass is 403 g/mol. The molecule has 2 aromatic rings. The topological polar surface area (TPSA) is 87.7 Å². The van der Waals surface area contributed by atoms with Gasteiger partial charge in [0, 0.05) is 12.2 Å². The molecule has 2 atom stereocenters. The molecule has 8 heteroatoms. The van der Waals surface area contributed by atoms with E-state index in [4.69, 9.17) is 4.74 Å². The number of hydrogen-bond donors (Lipinski definition) is 2. The van der Waals surface area contributed by atoms with Gasteiger partial charge in [0.15, 0.2) is 0 Å². The van der Waals surface area contributed by atoms with Crippen LogP contribution in [-0.4, -0.2) is 45.6 Å². The molecule has 7 nitrogen and oxygen atoms in total. The van der Waals surface area contributed by atoms with E-state index in [0.717, 1.165) is 11.1 Å². The van der Waals surface area contributed by atoms with Crippen LogP contribution in [-0.2, 0) is 14.8 Å². The SMILES string of the molecule is CNS(=O)(=O)c1ccc(C)c(NC(=O)N2C[C@@H](C)O[C@H](c3ccccc3)C2)c1. The number of rotatable bonds is 4. The highest BCUT2D eigenvalue weighted by molar-refractivity contribution is 7.89. The zero-order valence-corrected chi connectivity index (χ0v) is 17.0. The number of morpholine rings is 1. The number of ether oxygens (including phenoxy) is 1. The maximum atomic E-state index is 12.9. The number of aryl methyl sites for hydroxylation is 1. The normalized spacial score (nSPS) is 20.0. The van der Waals surface area contributed by atoms with Crippen molar-refractivity contribution in [3.63, 3.8) is 0 Å². The molecule has 1 aliphatic rings. The van der Waals surface area contributed by atoms with Crippen molar-refractivity contribution >= 4 is 21.7 Å². The number of benzene rings is 2. The highest BCUT2D eigenvalue weighted by Crippen LogP contribution is 2.26. The molecule has 0 aliphatic carbocycles. The fraction of sp³-hybridized carbons (Fsp3) is 0.350. The number of carbonyl (C=O) groups excluding carboxylic acids is 1. The number of nitrogens with one attached hydrogen (secondary N) is 2. The van der Waals surface area contributed by atoms with Crippen molar-refractivity contribution in [2.45, 2.75) is 31.0 Å². The van der Waals surface area contributed by atoms with Gasteiger partial charge in [-0.05, 0) is 44.2 Å². The quantitative estimate of drug-likeness (QED) is 0.822. The second-order valence-corrected chi connectivity index (χ2v) is 8.75. The van der Waals surface area contributed by atoms with Crippen molar-refractivity contribution < 1.29 is 17.9 Å². The summed E-state index contributed by atoms with van der Waals surface area (Å²) in [5.74, 6) is 0. The number of amides is 2. The molecule has 150 valence electrons. The summed E-state index contributed by atoms with van der Waals surface area (Å²) in [5, 5.41) is 2.85. The van der Waals surface area contributed by atoms with Crippen LogP contribution in [0.2, 0.25) is 0 Å². The third-order valence-corrected chi connectivity index (χ3v) is 6.16. The lowest BCUT2D eigenvalue weighted by Crippen LogP contribution is -2.47. The van der Waals surface area contributed by atoms with Crippen molar-refractivity contribution in [1.82, 2.24) is 9.62 Å². The lowest BCUT2D eigenvalue weighted by atomic mass is 10.1. The highest BCUT2D eigenvalue weighted by Gasteiger charge is 2.29. The van der Waals surface area contributed by atoms with Crippen LogP contribution in [0, 0.1) is 6.92 Å². The van der Waals surface area contributed by atoms with Crippen LogP contribution >= 0.6 is 0 Å². The molecule has 1 aliphatic heterocycles. The summed E-state index contributed by atoms with van der Waals surface area (Å²) in [4.78, 5) is 14.7. The van der Waals surface area contributed by atoms with Crippen molar-refractivity contribution in [1.29, 1.82) is 0 Å². The maximum Gasteiger partial charge on any atom is 0.322 e. The van der Waals surface area contributed by atoms with E-state index >= 15 is 0 Å². The molecule has 0 bridgehead atoms. The van der Waals surface area contributed by atoms with E-state index in [1.807, 2.05) is 44.2 Å². The fourth-order valence-corrected chi connectivity index (χ4v) is 3.94. The first-order valence-corrected chi connectivity index (χ1v) is 10.6. The van der Waals surface area contributed by atoms with E-state index in [9.17, 15) is 13.2 Å². The van der Waals surface area contributed by atoms with E-state index in [-0.39, 0.29) is 23.1 Å². The fourth-order valence-electron chi connectivity index (χ4n) is 3.18. The minimum atomic E-state index is -3.59. The lowest BCUT2D eigenvalue weighted by Gasteiger charge is -2.37. The number of sulfonamides is 1. The molecule has 1 fully saturated rings. The molecule has 1 saturated heterocycles.